The molecule has 1 saturated carbocycles. The number of nitrogens with one attached hydrogen (secondary N) is 1. The molecule has 0 aromatic carbocycles. The summed E-state index contributed by atoms with van der Waals surface area (Å²) < 4.78 is 10.4. The van der Waals surface area contributed by atoms with Crippen LogP contribution in [0.3, 0.4) is 0 Å². The Balaban J connectivity index is 1.63. The van der Waals surface area contributed by atoms with Crippen LogP contribution in [0.4, 0.5) is 5.95 Å². The molecule has 1 heterocycles. The quantitative estimate of drug-likeness (QED) is 0.727. The van der Waals surface area contributed by atoms with Crippen LogP contribution >= 0.6 is 11.6 Å². The van der Waals surface area contributed by atoms with Crippen molar-refractivity contribution >= 4 is 17.5 Å². The third-order valence-corrected chi connectivity index (χ3v) is 2.74. The highest BCUT2D eigenvalue weighted by Gasteiger charge is 2.20. The van der Waals surface area contributed by atoms with Crippen molar-refractivity contribution in [3.63, 3.8) is 0 Å². The van der Waals surface area contributed by atoms with Gasteiger partial charge in [-0.1, -0.05) is 0 Å². The van der Waals surface area contributed by atoms with E-state index in [0.717, 1.165) is 32.1 Å². The third kappa shape index (κ3) is 4.62. The number of ether oxygens (including phenoxy) is 2. The fourth-order valence-electron chi connectivity index (χ4n) is 1.41. The summed E-state index contributed by atoms with van der Waals surface area (Å²) in [7, 11) is 1.49. The third-order valence-electron chi connectivity index (χ3n) is 2.57. The normalized spacial score (nSPS) is 14.6. The average Bonchev–Trinajstić information content (AvgIpc) is 3.17. The SMILES string of the molecule is COc1nc(Cl)nc(NCCCOCC2CC2)n1. The van der Waals surface area contributed by atoms with Gasteiger partial charge in [0.25, 0.3) is 0 Å². The van der Waals surface area contributed by atoms with Crippen LogP contribution in [-0.4, -0.2) is 41.8 Å². The van der Waals surface area contributed by atoms with Crippen molar-refractivity contribution in [2.75, 3.05) is 32.2 Å². The van der Waals surface area contributed by atoms with E-state index in [2.05, 4.69) is 20.3 Å². The van der Waals surface area contributed by atoms with E-state index >= 15 is 0 Å². The van der Waals surface area contributed by atoms with Crippen LogP contribution in [0.2, 0.25) is 5.28 Å². The Bertz CT molecular complexity index is 387. The first-order valence-electron chi connectivity index (χ1n) is 6.05. The van der Waals surface area contributed by atoms with Gasteiger partial charge in [-0.2, -0.15) is 15.0 Å². The minimum absolute atomic E-state index is 0.120. The van der Waals surface area contributed by atoms with E-state index in [1.165, 1.54) is 20.0 Å². The van der Waals surface area contributed by atoms with Crippen LogP contribution in [-0.2, 0) is 4.74 Å². The highest BCUT2D eigenvalue weighted by Crippen LogP contribution is 2.28. The molecule has 100 valence electrons. The van der Waals surface area contributed by atoms with Gasteiger partial charge < -0.3 is 14.8 Å². The van der Waals surface area contributed by atoms with Gasteiger partial charge in [0.2, 0.25) is 11.2 Å². The lowest BCUT2D eigenvalue weighted by Gasteiger charge is -2.06. The molecule has 1 aromatic rings. The Morgan fingerprint density at radius 2 is 2.17 bits per heavy atom. The summed E-state index contributed by atoms with van der Waals surface area (Å²) in [6, 6.07) is 0.211. The van der Waals surface area contributed by atoms with Crippen LogP contribution in [0.1, 0.15) is 19.3 Å². The number of hydrogen-bond acceptors (Lipinski definition) is 6. The van der Waals surface area contributed by atoms with Crippen LogP contribution in [0.5, 0.6) is 6.01 Å². The van der Waals surface area contributed by atoms with Gasteiger partial charge in [0.1, 0.15) is 0 Å². The van der Waals surface area contributed by atoms with Gasteiger partial charge in [-0.3, -0.25) is 0 Å². The Morgan fingerprint density at radius 1 is 1.33 bits per heavy atom. The molecule has 7 heteroatoms. The summed E-state index contributed by atoms with van der Waals surface area (Å²) in [5.74, 6) is 1.23. The zero-order valence-electron chi connectivity index (χ0n) is 10.4. The second-order valence-corrected chi connectivity index (χ2v) is 4.55. The lowest BCUT2D eigenvalue weighted by molar-refractivity contribution is 0.124. The molecule has 2 rings (SSSR count). The van der Waals surface area contributed by atoms with Crippen LogP contribution in [0.15, 0.2) is 0 Å². The molecule has 0 spiro atoms. The van der Waals surface area contributed by atoms with Crippen LogP contribution < -0.4 is 10.1 Å². The van der Waals surface area contributed by atoms with Crippen molar-refractivity contribution in [3.05, 3.63) is 5.28 Å². The molecule has 1 fully saturated rings. The van der Waals surface area contributed by atoms with E-state index in [0.29, 0.717) is 5.95 Å². The first-order chi connectivity index (χ1) is 8.78. The number of halogens is 1. The van der Waals surface area contributed by atoms with Crippen LogP contribution in [0, 0.1) is 5.92 Å². The first-order valence-corrected chi connectivity index (χ1v) is 6.43. The van der Waals surface area contributed by atoms with Crippen molar-refractivity contribution in [1.29, 1.82) is 0 Å². The molecule has 0 saturated heterocycles. The molecule has 0 aliphatic heterocycles. The maximum absolute atomic E-state index is 5.73. The first kappa shape index (κ1) is 13.3. The van der Waals surface area contributed by atoms with E-state index in [1.807, 2.05) is 0 Å². The molecule has 1 N–H and O–H groups in total. The highest BCUT2D eigenvalue weighted by molar-refractivity contribution is 6.28. The predicted octanol–water partition coefficient (Wildman–Crippen LogP) is 1.76. The Hall–Kier alpha value is -1.14. The topological polar surface area (TPSA) is 69.2 Å². The molecule has 18 heavy (non-hydrogen) atoms. The molecule has 6 nitrogen and oxygen atoms in total. The maximum Gasteiger partial charge on any atom is 0.322 e. The lowest BCUT2D eigenvalue weighted by Crippen LogP contribution is -2.10. The maximum atomic E-state index is 5.73. The molecule has 0 bridgehead atoms. The molecular formula is C11H17ClN4O2. The Kier molecular flexibility index (Phi) is 4.95. The lowest BCUT2D eigenvalue weighted by atomic mass is 10.4. The van der Waals surface area contributed by atoms with Crippen molar-refractivity contribution in [1.82, 2.24) is 15.0 Å². The fraction of sp³-hybridized carbons (Fsp3) is 0.727. The van der Waals surface area contributed by atoms with Gasteiger partial charge in [0, 0.05) is 19.8 Å². The van der Waals surface area contributed by atoms with Gasteiger partial charge in [-0.25, -0.2) is 0 Å². The molecule has 1 aliphatic rings. The molecule has 0 radical (unpaired) electrons. The molecular weight excluding hydrogens is 256 g/mol. The number of aromatic nitrogens is 3. The van der Waals surface area contributed by atoms with Crippen molar-refractivity contribution in [3.8, 4) is 6.01 Å². The van der Waals surface area contributed by atoms with E-state index < -0.39 is 0 Å². The number of methoxy groups -OCH3 is 1. The minimum atomic E-state index is 0.120. The van der Waals surface area contributed by atoms with Gasteiger partial charge in [-0.15, -0.1) is 0 Å². The molecule has 0 atom stereocenters. The van der Waals surface area contributed by atoms with Crippen molar-refractivity contribution in [2.24, 2.45) is 5.92 Å². The summed E-state index contributed by atoms with van der Waals surface area (Å²) in [6.45, 7) is 2.37. The second-order valence-electron chi connectivity index (χ2n) is 4.21. The number of hydrogen-bond donors (Lipinski definition) is 1. The largest absolute Gasteiger partial charge is 0.467 e. The minimum Gasteiger partial charge on any atom is -0.467 e. The van der Waals surface area contributed by atoms with E-state index in [1.54, 1.807) is 0 Å². The van der Waals surface area contributed by atoms with E-state index in [-0.39, 0.29) is 11.3 Å². The summed E-state index contributed by atoms with van der Waals surface area (Å²) in [5, 5.41) is 3.18. The molecule has 1 aliphatic carbocycles. The van der Waals surface area contributed by atoms with E-state index in [9.17, 15) is 0 Å². The number of rotatable bonds is 8. The van der Waals surface area contributed by atoms with Gasteiger partial charge in [-0.05, 0) is 36.8 Å². The predicted molar refractivity (Wildman–Crippen MR) is 68.0 cm³/mol. The number of nitrogens with zero attached hydrogens (tertiary/aromatic N) is 3. The van der Waals surface area contributed by atoms with Gasteiger partial charge in [0.15, 0.2) is 0 Å². The molecule has 0 amide bonds. The van der Waals surface area contributed by atoms with Crippen molar-refractivity contribution in [2.45, 2.75) is 19.3 Å². The zero-order chi connectivity index (χ0) is 12.8. The Morgan fingerprint density at radius 3 is 2.89 bits per heavy atom. The monoisotopic (exact) mass is 272 g/mol. The van der Waals surface area contributed by atoms with Crippen LogP contribution in [0.25, 0.3) is 0 Å². The molecule has 1 aromatic heterocycles. The summed E-state index contributed by atoms with van der Waals surface area (Å²) >= 11 is 5.73. The smallest absolute Gasteiger partial charge is 0.322 e. The Labute approximate surface area is 111 Å². The second kappa shape index (κ2) is 6.70. The standard InChI is InChI=1S/C11H17ClN4O2/c1-17-11-15-9(12)14-10(16-11)13-5-2-6-18-7-8-3-4-8/h8H,2-7H2,1H3,(H,13,14,15,16). The van der Waals surface area contributed by atoms with Gasteiger partial charge in [0.05, 0.1) is 7.11 Å². The summed E-state index contributed by atoms with van der Waals surface area (Å²) in [6.07, 6.45) is 3.54. The van der Waals surface area contributed by atoms with Crippen molar-refractivity contribution < 1.29 is 9.47 Å². The van der Waals surface area contributed by atoms with E-state index in [4.69, 9.17) is 21.1 Å². The number of anilines is 1. The van der Waals surface area contributed by atoms with Gasteiger partial charge >= 0.3 is 6.01 Å². The fourth-order valence-corrected chi connectivity index (χ4v) is 1.56. The average molecular weight is 273 g/mol. The summed E-state index contributed by atoms with van der Waals surface area (Å²) in [5.41, 5.74) is 0. The molecule has 0 unspecified atom stereocenters. The highest BCUT2D eigenvalue weighted by atomic mass is 35.5. The zero-order valence-corrected chi connectivity index (χ0v) is 11.1. The summed E-state index contributed by atoms with van der Waals surface area (Å²) in [4.78, 5) is 11.8.